The maximum absolute atomic E-state index is 13.0. The minimum absolute atomic E-state index is 0.00664. The van der Waals surface area contributed by atoms with Gasteiger partial charge in [-0.1, -0.05) is 54.6 Å². The Morgan fingerprint density at radius 3 is 2.59 bits per heavy atom. The summed E-state index contributed by atoms with van der Waals surface area (Å²) in [7, 11) is 1.37. The molecule has 0 radical (unpaired) electrons. The molecule has 1 heterocycles. The standard InChI is InChI=1S/C32H34N2O5/c1-3-39-20-30(35)34-15-14-26-25(22-10-7-11-23(16-22)32(37)38-2)13-12-24(29(26)19-34)18-33-31(36)28-17-27(28)21-8-5-4-6-9-21/h4-13,16,27-28H,3,14-15,17-20H2,1-2H3,(H,33,36)/t27-,28-/m1/s1. The number of carbonyl (C=O) groups excluding carboxylic acids is 3. The number of ether oxygens (including phenoxy) is 2. The summed E-state index contributed by atoms with van der Waals surface area (Å²) in [5.74, 6) is -0.0949. The third-order valence-corrected chi connectivity index (χ3v) is 7.69. The van der Waals surface area contributed by atoms with Crippen LogP contribution in [0.15, 0.2) is 66.7 Å². The van der Waals surface area contributed by atoms with Crippen LogP contribution in [0.25, 0.3) is 11.1 Å². The predicted molar refractivity (Wildman–Crippen MR) is 148 cm³/mol. The van der Waals surface area contributed by atoms with Crippen LogP contribution in [-0.2, 0) is 38.6 Å². The highest BCUT2D eigenvalue weighted by Crippen LogP contribution is 2.47. The van der Waals surface area contributed by atoms with Crippen LogP contribution in [0.2, 0.25) is 0 Å². The van der Waals surface area contributed by atoms with Crippen molar-refractivity contribution in [2.24, 2.45) is 5.92 Å². The van der Waals surface area contributed by atoms with E-state index in [1.54, 1.807) is 6.07 Å². The molecular formula is C32H34N2O5. The summed E-state index contributed by atoms with van der Waals surface area (Å²) in [6.07, 6.45) is 1.54. The molecule has 5 rings (SSSR count). The number of benzene rings is 3. The number of nitrogens with one attached hydrogen (secondary N) is 1. The number of fused-ring (bicyclic) bond motifs is 1. The van der Waals surface area contributed by atoms with Crippen LogP contribution in [0.4, 0.5) is 0 Å². The molecule has 7 nitrogen and oxygen atoms in total. The fourth-order valence-electron chi connectivity index (χ4n) is 5.47. The van der Waals surface area contributed by atoms with Gasteiger partial charge in [0.2, 0.25) is 11.8 Å². The molecule has 3 aromatic rings. The van der Waals surface area contributed by atoms with Gasteiger partial charge in [-0.15, -0.1) is 0 Å². The van der Waals surface area contributed by atoms with Gasteiger partial charge in [-0.2, -0.15) is 0 Å². The molecule has 1 fully saturated rings. The lowest BCUT2D eigenvalue weighted by molar-refractivity contribution is -0.137. The van der Waals surface area contributed by atoms with Crippen LogP contribution in [-0.4, -0.2) is 49.6 Å². The molecule has 0 aromatic heterocycles. The van der Waals surface area contributed by atoms with Gasteiger partial charge in [-0.05, 0) is 71.2 Å². The molecule has 1 aliphatic heterocycles. The maximum Gasteiger partial charge on any atom is 0.337 e. The smallest absolute Gasteiger partial charge is 0.337 e. The van der Waals surface area contributed by atoms with E-state index in [1.807, 2.05) is 54.3 Å². The average molecular weight is 527 g/mol. The Hall–Kier alpha value is -3.97. The first-order valence-electron chi connectivity index (χ1n) is 13.5. The Bertz CT molecular complexity index is 1370. The molecule has 202 valence electrons. The summed E-state index contributed by atoms with van der Waals surface area (Å²) in [4.78, 5) is 39.8. The van der Waals surface area contributed by atoms with E-state index in [9.17, 15) is 14.4 Å². The van der Waals surface area contributed by atoms with E-state index >= 15 is 0 Å². The number of amides is 2. The molecule has 3 aromatic carbocycles. The van der Waals surface area contributed by atoms with E-state index in [4.69, 9.17) is 9.47 Å². The van der Waals surface area contributed by atoms with Crippen LogP contribution < -0.4 is 5.32 Å². The summed E-state index contributed by atoms with van der Waals surface area (Å²) < 4.78 is 10.3. The molecule has 2 aliphatic rings. The van der Waals surface area contributed by atoms with Gasteiger partial charge < -0.3 is 19.7 Å². The zero-order valence-corrected chi connectivity index (χ0v) is 22.4. The Morgan fingerprint density at radius 2 is 1.82 bits per heavy atom. The van der Waals surface area contributed by atoms with Gasteiger partial charge in [0.15, 0.2) is 0 Å². The summed E-state index contributed by atoms with van der Waals surface area (Å²) in [6, 6.07) is 21.6. The van der Waals surface area contributed by atoms with Crippen molar-refractivity contribution in [2.45, 2.75) is 38.8 Å². The van der Waals surface area contributed by atoms with Crippen LogP contribution in [0.1, 0.15) is 51.9 Å². The van der Waals surface area contributed by atoms with Crippen molar-refractivity contribution in [2.75, 3.05) is 26.9 Å². The third kappa shape index (κ3) is 5.88. The van der Waals surface area contributed by atoms with Crippen LogP contribution in [0, 0.1) is 5.92 Å². The number of rotatable bonds is 9. The summed E-state index contributed by atoms with van der Waals surface area (Å²) in [5.41, 5.74) is 6.81. The molecule has 2 amide bonds. The SMILES string of the molecule is CCOCC(=O)N1CCc2c(-c3cccc(C(=O)OC)c3)ccc(CNC(=O)[C@@H]3C[C@@H]3c3ccccc3)c2C1. The van der Waals surface area contributed by atoms with E-state index in [1.165, 1.54) is 12.7 Å². The largest absolute Gasteiger partial charge is 0.465 e. The van der Waals surface area contributed by atoms with E-state index in [0.29, 0.717) is 38.2 Å². The van der Waals surface area contributed by atoms with E-state index in [-0.39, 0.29) is 36.2 Å². The van der Waals surface area contributed by atoms with Crippen LogP contribution in [0.5, 0.6) is 0 Å². The second kappa shape index (κ2) is 11.8. The van der Waals surface area contributed by atoms with E-state index in [2.05, 4.69) is 23.5 Å². The van der Waals surface area contributed by atoms with Crippen molar-refractivity contribution >= 4 is 17.8 Å². The Morgan fingerprint density at radius 1 is 1.00 bits per heavy atom. The van der Waals surface area contributed by atoms with Crippen LogP contribution in [0.3, 0.4) is 0 Å². The first-order valence-corrected chi connectivity index (χ1v) is 13.5. The lowest BCUT2D eigenvalue weighted by Gasteiger charge is -2.32. The zero-order chi connectivity index (χ0) is 27.4. The minimum atomic E-state index is -0.383. The second-order valence-electron chi connectivity index (χ2n) is 10.1. The average Bonchev–Trinajstić information content (AvgIpc) is 3.79. The first kappa shape index (κ1) is 26.6. The highest BCUT2D eigenvalue weighted by atomic mass is 16.5. The zero-order valence-electron chi connectivity index (χ0n) is 22.4. The molecule has 39 heavy (non-hydrogen) atoms. The van der Waals surface area contributed by atoms with E-state index < -0.39 is 0 Å². The minimum Gasteiger partial charge on any atom is -0.465 e. The quantitative estimate of drug-likeness (QED) is 0.416. The lowest BCUT2D eigenvalue weighted by Crippen LogP contribution is -2.39. The van der Waals surface area contributed by atoms with Gasteiger partial charge in [0.05, 0.1) is 12.7 Å². The number of nitrogens with zero attached hydrogens (tertiary/aromatic N) is 1. The van der Waals surface area contributed by atoms with Crippen LogP contribution >= 0.6 is 0 Å². The number of hydrogen-bond acceptors (Lipinski definition) is 5. The highest BCUT2D eigenvalue weighted by Gasteiger charge is 2.43. The Labute approximate surface area is 229 Å². The van der Waals surface area contributed by atoms with Gasteiger partial charge in [-0.25, -0.2) is 4.79 Å². The Kier molecular flexibility index (Phi) is 8.07. The second-order valence-corrected chi connectivity index (χ2v) is 10.1. The molecular weight excluding hydrogens is 492 g/mol. The molecule has 0 unspecified atom stereocenters. The fraction of sp³-hybridized carbons (Fsp3) is 0.344. The highest BCUT2D eigenvalue weighted by molar-refractivity contribution is 5.91. The number of hydrogen-bond donors (Lipinski definition) is 1. The van der Waals surface area contributed by atoms with E-state index in [0.717, 1.165) is 34.2 Å². The topological polar surface area (TPSA) is 84.9 Å². The predicted octanol–water partition coefficient (Wildman–Crippen LogP) is 4.48. The molecule has 2 atom stereocenters. The summed E-state index contributed by atoms with van der Waals surface area (Å²) in [5, 5.41) is 3.15. The van der Waals surface area contributed by atoms with Gasteiger partial charge in [-0.3, -0.25) is 9.59 Å². The molecule has 0 saturated heterocycles. The summed E-state index contributed by atoms with van der Waals surface area (Å²) >= 11 is 0. The first-order chi connectivity index (χ1) is 19.0. The van der Waals surface area contributed by atoms with Crippen molar-refractivity contribution in [3.8, 4) is 11.1 Å². The monoisotopic (exact) mass is 526 g/mol. The van der Waals surface area contributed by atoms with Crippen molar-refractivity contribution in [3.05, 3.63) is 94.5 Å². The summed E-state index contributed by atoms with van der Waals surface area (Å²) in [6.45, 7) is 3.85. The lowest BCUT2D eigenvalue weighted by atomic mass is 9.87. The van der Waals surface area contributed by atoms with Crippen molar-refractivity contribution in [1.29, 1.82) is 0 Å². The molecule has 7 heteroatoms. The molecule has 1 aliphatic carbocycles. The molecule has 0 spiro atoms. The number of methoxy groups -OCH3 is 1. The van der Waals surface area contributed by atoms with Gasteiger partial charge in [0, 0.05) is 32.2 Å². The maximum atomic E-state index is 13.0. The number of carbonyl (C=O) groups is 3. The van der Waals surface area contributed by atoms with Crippen molar-refractivity contribution in [3.63, 3.8) is 0 Å². The van der Waals surface area contributed by atoms with Gasteiger partial charge in [0.25, 0.3) is 0 Å². The third-order valence-electron chi connectivity index (χ3n) is 7.69. The molecule has 1 N–H and O–H groups in total. The molecule has 1 saturated carbocycles. The van der Waals surface area contributed by atoms with Gasteiger partial charge in [0.1, 0.15) is 6.61 Å². The molecule has 0 bridgehead atoms. The van der Waals surface area contributed by atoms with Gasteiger partial charge >= 0.3 is 5.97 Å². The fourth-order valence-corrected chi connectivity index (χ4v) is 5.47. The normalized spacial score (nSPS) is 17.7. The van der Waals surface area contributed by atoms with Crippen molar-refractivity contribution in [1.82, 2.24) is 10.2 Å². The Balaban J connectivity index is 1.39. The number of esters is 1. The van der Waals surface area contributed by atoms with Crippen molar-refractivity contribution < 1.29 is 23.9 Å².